The molecule has 1 aromatic carbocycles. The third kappa shape index (κ3) is 4.36. The van der Waals surface area contributed by atoms with Gasteiger partial charge in [0.2, 0.25) is 0 Å². The number of allylic oxidation sites excluding steroid dienone is 1. The second kappa shape index (κ2) is 6.18. The molecule has 0 aliphatic carbocycles. The van der Waals surface area contributed by atoms with Crippen LogP contribution in [0.3, 0.4) is 0 Å². The van der Waals surface area contributed by atoms with Crippen molar-refractivity contribution in [3.8, 4) is 0 Å². The summed E-state index contributed by atoms with van der Waals surface area (Å²) in [7, 11) is 0. The number of hydrogen-bond acceptors (Lipinski definition) is 3. The average Bonchev–Trinajstić information content (AvgIpc) is 2.21. The smallest absolute Gasteiger partial charge is 0.434 e. The van der Waals surface area contributed by atoms with E-state index in [4.69, 9.17) is 16.3 Å². The van der Waals surface area contributed by atoms with Gasteiger partial charge in [-0.05, 0) is 37.6 Å². The van der Waals surface area contributed by atoms with Gasteiger partial charge in [0.05, 0.1) is 6.61 Å². The summed E-state index contributed by atoms with van der Waals surface area (Å²) in [6, 6.07) is 7.21. The van der Waals surface area contributed by atoms with E-state index in [-0.39, 0.29) is 0 Å². The van der Waals surface area contributed by atoms with Gasteiger partial charge >= 0.3 is 6.16 Å². The molecule has 0 bridgehead atoms. The van der Waals surface area contributed by atoms with Gasteiger partial charge in [-0.25, -0.2) is 4.79 Å². The van der Waals surface area contributed by atoms with Crippen molar-refractivity contribution in [1.29, 1.82) is 0 Å². The molecule has 0 N–H and O–H groups in total. The van der Waals surface area contributed by atoms with Gasteiger partial charge in [-0.1, -0.05) is 23.7 Å². The standard InChI is InChI=1S/C12H13ClO3/c1-3-15-12(14)16-9(2)8-10-4-6-11(13)7-5-10/h4-8H,3H2,1-2H3. The minimum atomic E-state index is -0.690. The monoisotopic (exact) mass is 240 g/mol. The number of carbonyl (C=O) groups is 1. The Hall–Kier alpha value is -1.48. The number of benzene rings is 1. The summed E-state index contributed by atoms with van der Waals surface area (Å²) in [6.07, 6.45) is 1.04. The molecule has 0 aliphatic rings. The highest BCUT2D eigenvalue weighted by Gasteiger charge is 2.03. The summed E-state index contributed by atoms with van der Waals surface area (Å²) in [6.45, 7) is 3.71. The van der Waals surface area contributed by atoms with Gasteiger partial charge in [0, 0.05) is 5.02 Å². The van der Waals surface area contributed by atoms with E-state index in [9.17, 15) is 4.79 Å². The summed E-state index contributed by atoms with van der Waals surface area (Å²) in [5, 5.41) is 0.668. The highest BCUT2D eigenvalue weighted by atomic mass is 35.5. The quantitative estimate of drug-likeness (QED) is 0.594. The lowest BCUT2D eigenvalue weighted by atomic mass is 10.2. The van der Waals surface area contributed by atoms with Crippen molar-refractivity contribution >= 4 is 23.8 Å². The largest absolute Gasteiger partial charge is 0.513 e. The lowest BCUT2D eigenvalue weighted by Crippen LogP contribution is -2.05. The van der Waals surface area contributed by atoms with Crippen LogP contribution in [0.15, 0.2) is 30.0 Å². The van der Waals surface area contributed by atoms with Crippen LogP contribution in [0.1, 0.15) is 19.4 Å². The number of rotatable bonds is 3. The van der Waals surface area contributed by atoms with Crippen molar-refractivity contribution in [3.05, 3.63) is 40.6 Å². The first-order valence-electron chi connectivity index (χ1n) is 4.90. The predicted molar refractivity (Wildman–Crippen MR) is 63.2 cm³/mol. The molecule has 0 aromatic heterocycles. The molecule has 0 saturated carbocycles. The van der Waals surface area contributed by atoms with Crippen LogP contribution in [0.25, 0.3) is 6.08 Å². The first kappa shape index (κ1) is 12.6. The molecule has 0 fully saturated rings. The Morgan fingerprint density at radius 2 is 2.00 bits per heavy atom. The highest BCUT2D eigenvalue weighted by molar-refractivity contribution is 6.30. The van der Waals surface area contributed by atoms with E-state index in [1.54, 1.807) is 32.1 Å². The van der Waals surface area contributed by atoms with Crippen molar-refractivity contribution in [2.75, 3.05) is 6.61 Å². The van der Waals surface area contributed by atoms with Crippen LogP contribution in [-0.2, 0) is 9.47 Å². The van der Waals surface area contributed by atoms with Gasteiger partial charge in [0.25, 0.3) is 0 Å². The molecule has 3 nitrogen and oxygen atoms in total. The van der Waals surface area contributed by atoms with Gasteiger partial charge in [0.15, 0.2) is 0 Å². The molecule has 0 radical (unpaired) electrons. The summed E-state index contributed by atoms with van der Waals surface area (Å²) >= 11 is 5.75. The van der Waals surface area contributed by atoms with Crippen molar-refractivity contribution in [2.45, 2.75) is 13.8 Å². The molecule has 0 amide bonds. The van der Waals surface area contributed by atoms with E-state index in [1.807, 2.05) is 12.1 Å². The zero-order valence-electron chi connectivity index (χ0n) is 9.20. The number of halogens is 1. The topological polar surface area (TPSA) is 35.5 Å². The first-order valence-corrected chi connectivity index (χ1v) is 5.28. The van der Waals surface area contributed by atoms with Crippen LogP contribution in [0, 0.1) is 0 Å². The van der Waals surface area contributed by atoms with E-state index < -0.39 is 6.16 Å². The van der Waals surface area contributed by atoms with Crippen molar-refractivity contribution in [3.63, 3.8) is 0 Å². The Morgan fingerprint density at radius 3 is 2.56 bits per heavy atom. The molecule has 1 rings (SSSR count). The van der Waals surface area contributed by atoms with Gasteiger partial charge in [0.1, 0.15) is 5.76 Å². The van der Waals surface area contributed by atoms with Crippen LogP contribution in [0.5, 0.6) is 0 Å². The average molecular weight is 241 g/mol. The van der Waals surface area contributed by atoms with E-state index in [0.717, 1.165) is 5.56 Å². The fraction of sp³-hybridized carbons (Fsp3) is 0.250. The SMILES string of the molecule is CCOC(=O)OC(C)=Cc1ccc(Cl)cc1. The van der Waals surface area contributed by atoms with Gasteiger partial charge in [-0.2, -0.15) is 0 Å². The predicted octanol–water partition coefficient (Wildman–Crippen LogP) is 3.87. The molecule has 86 valence electrons. The van der Waals surface area contributed by atoms with Crippen LogP contribution in [0.4, 0.5) is 4.79 Å². The molecule has 0 aliphatic heterocycles. The Balaban J connectivity index is 2.62. The fourth-order valence-electron chi connectivity index (χ4n) is 1.10. The third-order valence-corrected chi connectivity index (χ3v) is 2.00. The highest BCUT2D eigenvalue weighted by Crippen LogP contribution is 2.13. The molecule has 4 heteroatoms. The molecular formula is C12H13ClO3. The molecule has 16 heavy (non-hydrogen) atoms. The third-order valence-electron chi connectivity index (χ3n) is 1.75. The summed E-state index contributed by atoms with van der Waals surface area (Å²) < 4.78 is 9.54. The lowest BCUT2D eigenvalue weighted by molar-refractivity contribution is 0.0826. The lowest BCUT2D eigenvalue weighted by Gasteiger charge is -2.03. The maximum Gasteiger partial charge on any atom is 0.513 e. The zero-order valence-corrected chi connectivity index (χ0v) is 9.95. The van der Waals surface area contributed by atoms with E-state index in [2.05, 4.69) is 4.74 Å². The Bertz CT molecular complexity index is 382. The molecule has 0 spiro atoms. The van der Waals surface area contributed by atoms with Crippen LogP contribution >= 0.6 is 11.6 Å². The van der Waals surface area contributed by atoms with E-state index in [1.165, 1.54) is 0 Å². The number of ether oxygens (including phenoxy) is 2. The summed E-state index contributed by atoms with van der Waals surface area (Å²) in [4.78, 5) is 11.0. The Morgan fingerprint density at radius 1 is 1.38 bits per heavy atom. The van der Waals surface area contributed by atoms with Crippen molar-refractivity contribution in [2.24, 2.45) is 0 Å². The Kier molecular flexibility index (Phi) is 4.86. The summed E-state index contributed by atoms with van der Waals surface area (Å²) in [5.41, 5.74) is 0.909. The maximum atomic E-state index is 11.0. The summed E-state index contributed by atoms with van der Waals surface area (Å²) in [5.74, 6) is 0.473. The molecule has 0 heterocycles. The van der Waals surface area contributed by atoms with Crippen molar-refractivity contribution in [1.82, 2.24) is 0 Å². The molecular weight excluding hydrogens is 228 g/mol. The van der Waals surface area contributed by atoms with E-state index >= 15 is 0 Å². The zero-order chi connectivity index (χ0) is 12.0. The van der Waals surface area contributed by atoms with Crippen molar-refractivity contribution < 1.29 is 14.3 Å². The van der Waals surface area contributed by atoms with E-state index in [0.29, 0.717) is 17.4 Å². The molecule has 0 unspecified atom stereocenters. The van der Waals surface area contributed by atoms with Crippen LogP contribution in [0.2, 0.25) is 5.02 Å². The second-order valence-electron chi connectivity index (χ2n) is 3.09. The number of hydrogen-bond donors (Lipinski definition) is 0. The maximum absolute atomic E-state index is 11.0. The molecule has 0 saturated heterocycles. The Labute approximate surface area is 99.6 Å². The normalized spacial score (nSPS) is 11.1. The molecule has 0 atom stereocenters. The van der Waals surface area contributed by atoms with Crippen LogP contribution < -0.4 is 0 Å². The fourth-order valence-corrected chi connectivity index (χ4v) is 1.23. The minimum Gasteiger partial charge on any atom is -0.434 e. The molecule has 1 aromatic rings. The van der Waals surface area contributed by atoms with Gasteiger partial charge < -0.3 is 9.47 Å². The van der Waals surface area contributed by atoms with Gasteiger partial charge in [-0.3, -0.25) is 0 Å². The number of carbonyl (C=O) groups excluding carboxylic acids is 1. The second-order valence-corrected chi connectivity index (χ2v) is 3.53. The van der Waals surface area contributed by atoms with Gasteiger partial charge in [-0.15, -0.1) is 0 Å². The van der Waals surface area contributed by atoms with Crippen LogP contribution in [-0.4, -0.2) is 12.8 Å². The minimum absolute atomic E-state index is 0.299. The first-order chi connectivity index (χ1) is 7.61.